The molecule has 0 saturated carbocycles. The molecule has 1 unspecified atom stereocenters. The molecule has 0 aliphatic rings. The number of anilines is 1. The van der Waals surface area contributed by atoms with Crippen molar-refractivity contribution in [3.05, 3.63) is 65.7 Å². The lowest BCUT2D eigenvalue weighted by Gasteiger charge is -2.18. The maximum Gasteiger partial charge on any atom is 0.335 e. The third kappa shape index (κ3) is 5.10. The average Bonchev–Trinajstić information content (AvgIpc) is 2.61. The Balaban J connectivity index is 1.99. The molecule has 1 atom stereocenters. The molecule has 0 heterocycles. The van der Waals surface area contributed by atoms with Crippen molar-refractivity contribution in [3.63, 3.8) is 0 Å². The first-order chi connectivity index (χ1) is 11.6. The molecule has 2 rings (SSSR count). The SMILES string of the molecule is COC(=O)C(COCc1ccccc1)Nc1cccc(C(=O)O)c1. The highest BCUT2D eigenvalue weighted by Gasteiger charge is 2.19. The molecule has 2 aromatic rings. The number of rotatable bonds is 8. The van der Waals surface area contributed by atoms with Crippen molar-refractivity contribution >= 4 is 17.6 Å². The van der Waals surface area contributed by atoms with Gasteiger partial charge in [-0.3, -0.25) is 0 Å². The predicted octanol–water partition coefficient (Wildman–Crippen LogP) is 2.56. The Hall–Kier alpha value is -2.86. The highest BCUT2D eigenvalue weighted by Crippen LogP contribution is 2.13. The van der Waals surface area contributed by atoms with E-state index in [4.69, 9.17) is 14.6 Å². The third-order valence-corrected chi connectivity index (χ3v) is 3.33. The van der Waals surface area contributed by atoms with Crippen LogP contribution in [-0.4, -0.2) is 36.8 Å². The predicted molar refractivity (Wildman–Crippen MR) is 88.9 cm³/mol. The molecule has 0 aliphatic carbocycles. The van der Waals surface area contributed by atoms with Gasteiger partial charge in [-0.2, -0.15) is 0 Å². The van der Waals surface area contributed by atoms with Crippen molar-refractivity contribution < 1.29 is 24.2 Å². The molecule has 0 saturated heterocycles. The van der Waals surface area contributed by atoms with Crippen LogP contribution < -0.4 is 5.32 Å². The monoisotopic (exact) mass is 329 g/mol. The minimum Gasteiger partial charge on any atom is -0.478 e. The Labute approximate surface area is 140 Å². The van der Waals surface area contributed by atoms with Crippen LogP contribution in [0.25, 0.3) is 0 Å². The summed E-state index contributed by atoms with van der Waals surface area (Å²) >= 11 is 0. The minimum atomic E-state index is -1.03. The number of carbonyl (C=O) groups excluding carboxylic acids is 1. The van der Waals surface area contributed by atoms with Crippen molar-refractivity contribution in [1.82, 2.24) is 0 Å². The van der Waals surface area contributed by atoms with Gasteiger partial charge in [0.2, 0.25) is 0 Å². The van der Waals surface area contributed by atoms with Crippen LogP contribution in [0, 0.1) is 0 Å². The van der Waals surface area contributed by atoms with Gasteiger partial charge in [-0.1, -0.05) is 36.4 Å². The molecule has 6 nitrogen and oxygen atoms in total. The minimum absolute atomic E-state index is 0.0961. The van der Waals surface area contributed by atoms with E-state index in [2.05, 4.69) is 5.32 Å². The van der Waals surface area contributed by atoms with Crippen molar-refractivity contribution in [2.75, 3.05) is 19.0 Å². The van der Waals surface area contributed by atoms with E-state index in [0.717, 1.165) is 5.56 Å². The third-order valence-electron chi connectivity index (χ3n) is 3.33. The number of hydrogen-bond donors (Lipinski definition) is 2. The van der Waals surface area contributed by atoms with E-state index in [0.29, 0.717) is 12.3 Å². The van der Waals surface area contributed by atoms with Gasteiger partial charge in [0.15, 0.2) is 0 Å². The maximum atomic E-state index is 11.9. The summed E-state index contributed by atoms with van der Waals surface area (Å²) in [5.41, 5.74) is 1.64. The van der Waals surface area contributed by atoms with Gasteiger partial charge < -0.3 is 19.9 Å². The fourth-order valence-corrected chi connectivity index (χ4v) is 2.12. The number of hydrogen-bond acceptors (Lipinski definition) is 5. The Morgan fingerprint density at radius 1 is 1.12 bits per heavy atom. The molecule has 6 heteroatoms. The lowest BCUT2D eigenvalue weighted by atomic mass is 10.2. The number of carbonyl (C=O) groups is 2. The molecule has 126 valence electrons. The molecule has 0 spiro atoms. The number of nitrogens with one attached hydrogen (secondary N) is 1. The number of benzene rings is 2. The summed E-state index contributed by atoms with van der Waals surface area (Å²) in [4.78, 5) is 22.9. The molecular weight excluding hydrogens is 310 g/mol. The van der Waals surface area contributed by atoms with Gasteiger partial charge in [0.25, 0.3) is 0 Å². The summed E-state index contributed by atoms with van der Waals surface area (Å²) in [6, 6.07) is 15.1. The number of carboxylic acid groups (broad SMARTS) is 1. The first kappa shape index (κ1) is 17.5. The van der Waals surface area contributed by atoms with Crippen LogP contribution in [0.2, 0.25) is 0 Å². The van der Waals surface area contributed by atoms with Crippen molar-refractivity contribution in [1.29, 1.82) is 0 Å². The standard InChI is InChI=1S/C18H19NO5/c1-23-18(22)16(12-24-11-13-6-3-2-4-7-13)19-15-9-5-8-14(10-15)17(20)21/h2-10,16,19H,11-12H2,1H3,(H,20,21). The first-order valence-electron chi connectivity index (χ1n) is 7.39. The fourth-order valence-electron chi connectivity index (χ4n) is 2.12. The van der Waals surface area contributed by atoms with E-state index in [-0.39, 0.29) is 12.2 Å². The molecular formula is C18H19NO5. The topological polar surface area (TPSA) is 84.9 Å². The zero-order valence-corrected chi connectivity index (χ0v) is 13.3. The van der Waals surface area contributed by atoms with Gasteiger partial charge in [0, 0.05) is 5.69 Å². The van der Waals surface area contributed by atoms with Crippen LogP contribution in [0.4, 0.5) is 5.69 Å². The summed E-state index contributed by atoms with van der Waals surface area (Å²) in [6.45, 7) is 0.462. The number of methoxy groups -OCH3 is 1. The summed E-state index contributed by atoms with van der Waals surface area (Å²) in [5.74, 6) is -1.52. The smallest absolute Gasteiger partial charge is 0.335 e. The van der Waals surface area contributed by atoms with Gasteiger partial charge in [0.05, 0.1) is 25.9 Å². The molecule has 0 radical (unpaired) electrons. The van der Waals surface area contributed by atoms with Crippen molar-refractivity contribution in [2.45, 2.75) is 12.6 Å². The molecule has 0 amide bonds. The van der Waals surface area contributed by atoms with Gasteiger partial charge in [0.1, 0.15) is 6.04 Å². The molecule has 0 fully saturated rings. The van der Waals surface area contributed by atoms with Crippen LogP contribution in [0.15, 0.2) is 54.6 Å². The molecule has 0 bridgehead atoms. The van der Waals surface area contributed by atoms with Crippen LogP contribution in [0.1, 0.15) is 15.9 Å². The van der Waals surface area contributed by atoms with E-state index in [1.807, 2.05) is 30.3 Å². The summed E-state index contributed by atoms with van der Waals surface area (Å²) in [7, 11) is 1.29. The number of esters is 1. The van der Waals surface area contributed by atoms with Gasteiger partial charge in [-0.25, -0.2) is 9.59 Å². The molecule has 2 N–H and O–H groups in total. The fraction of sp³-hybridized carbons (Fsp3) is 0.222. The van der Waals surface area contributed by atoms with Gasteiger partial charge in [-0.15, -0.1) is 0 Å². The summed E-state index contributed by atoms with van der Waals surface area (Å²) < 4.78 is 10.3. The molecule has 0 aliphatic heterocycles. The Kier molecular flexibility index (Phi) is 6.33. The first-order valence-corrected chi connectivity index (χ1v) is 7.39. The zero-order chi connectivity index (χ0) is 17.4. The van der Waals surface area contributed by atoms with E-state index < -0.39 is 18.0 Å². The van der Waals surface area contributed by atoms with Crippen LogP contribution >= 0.6 is 0 Å². The molecule has 0 aromatic heterocycles. The number of ether oxygens (including phenoxy) is 2. The highest BCUT2D eigenvalue weighted by atomic mass is 16.5. The average molecular weight is 329 g/mol. The van der Waals surface area contributed by atoms with Crippen LogP contribution in [-0.2, 0) is 20.9 Å². The second kappa shape index (κ2) is 8.69. The quantitative estimate of drug-likeness (QED) is 0.724. The Bertz CT molecular complexity index is 687. The lowest BCUT2D eigenvalue weighted by molar-refractivity contribution is -0.143. The lowest BCUT2D eigenvalue weighted by Crippen LogP contribution is -2.35. The second-order valence-corrected chi connectivity index (χ2v) is 5.11. The van der Waals surface area contributed by atoms with E-state index in [1.165, 1.54) is 19.2 Å². The Morgan fingerprint density at radius 3 is 2.54 bits per heavy atom. The Morgan fingerprint density at radius 2 is 1.88 bits per heavy atom. The van der Waals surface area contributed by atoms with Crippen LogP contribution in [0.3, 0.4) is 0 Å². The van der Waals surface area contributed by atoms with Crippen molar-refractivity contribution in [2.24, 2.45) is 0 Å². The van der Waals surface area contributed by atoms with Crippen LogP contribution in [0.5, 0.6) is 0 Å². The van der Waals surface area contributed by atoms with E-state index in [9.17, 15) is 9.59 Å². The van der Waals surface area contributed by atoms with Gasteiger partial charge >= 0.3 is 11.9 Å². The zero-order valence-electron chi connectivity index (χ0n) is 13.3. The van der Waals surface area contributed by atoms with Gasteiger partial charge in [-0.05, 0) is 23.8 Å². The number of aromatic carboxylic acids is 1. The second-order valence-electron chi connectivity index (χ2n) is 5.11. The summed E-state index contributed by atoms with van der Waals surface area (Å²) in [5, 5.41) is 12.0. The maximum absolute atomic E-state index is 11.9. The summed E-state index contributed by atoms with van der Waals surface area (Å²) in [6.07, 6.45) is 0. The highest BCUT2D eigenvalue weighted by molar-refractivity contribution is 5.89. The normalized spacial score (nSPS) is 11.5. The molecule has 24 heavy (non-hydrogen) atoms. The van der Waals surface area contributed by atoms with Crippen molar-refractivity contribution in [3.8, 4) is 0 Å². The molecule has 2 aromatic carbocycles. The largest absolute Gasteiger partial charge is 0.478 e. The number of carboxylic acids is 1. The van der Waals surface area contributed by atoms with E-state index in [1.54, 1.807) is 12.1 Å². The van der Waals surface area contributed by atoms with E-state index >= 15 is 0 Å².